The first kappa shape index (κ1) is 21.6. The predicted octanol–water partition coefficient (Wildman–Crippen LogP) is 2.67. The van der Waals surface area contributed by atoms with Gasteiger partial charge in [0, 0.05) is 62.5 Å². The first-order valence-electron chi connectivity index (χ1n) is 10.7. The van der Waals surface area contributed by atoms with E-state index in [4.69, 9.17) is 16.3 Å². The summed E-state index contributed by atoms with van der Waals surface area (Å²) in [5, 5.41) is 6.57. The molecule has 0 unspecified atom stereocenters. The average Bonchev–Trinajstić information content (AvgIpc) is 2.80. The highest BCUT2D eigenvalue weighted by atomic mass is 35.5. The molecule has 1 amide bonds. The van der Waals surface area contributed by atoms with Gasteiger partial charge in [0.25, 0.3) is 0 Å². The average molecular weight is 444 g/mol. The smallest absolute Gasteiger partial charge is 0.220 e. The molecule has 2 aromatic rings. The number of ketones is 1. The summed E-state index contributed by atoms with van der Waals surface area (Å²) in [6.45, 7) is 2.83. The Bertz CT molecular complexity index is 938. The van der Waals surface area contributed by atoms with Crippen LogP contribution < -0.4 is 10.6 Å². The number of pyridine rings is 1. The van der Waals surface area contributed by atoms with Gasteiger partial charge in [0.1, 0.15) is 11.6 Å². The molecule has 9 heteroatoms. The fraction of sp³-hybridized carbons (Fsp3) is 0.500. The highest BCUT2D eigenvalue weighted by Gasteiger charge is 2.25. The molecular weight excluding hydrogens is 418 g/mol. The Labute approximate surface area is 186 Å². The first-order chi connectivity index (χ1) is 15.1. The molecule has 31 heavy (non-hydrogen) atoms. The number of Topliss-reactive ketones (excluding diaryl/α,β-unsaturated/α-hetero) is 1. The second-order valence-corrected chi connectivity index (χ2v) is 8.47. The Morgan fingerprint density at radius 3 is 2.84 bits per heavy atom. The third-order valence-corrected chi connectivity index (χ3v) is 6.11. The second-order valence-electron chi connectivity index (χ2n) is 8.06. The van der Waals surface area contributed by atoms with E-state index in [1.54, 1.807) is 24.7 Å². The minimum Gasteiger partial charge on any atom is -0.381 e. The lowest BCUT2D eigenvalue weighted by Gasteiger charge is -2.22. The van der Waals surface area contributed by atoms with Gasteiger partial charge in [-0.2, -0.15) is 0 Å². The molecule has 2 aliphatic rings. The fourth-order valence-electron chi connectivity index (χ4n) is 3.89. The number of hydrogen-bond acceptors (Lipinski definition) is 7. The SMILES string of the molecule is O=C1CC[C@@H](C(=O)Cc2cc(-c3cncc(NCC4CCOCC4)n3)c(Cl)cn2)CN1. The molecule has 0 radical (unpaired) electrons. The number of carbonyl (C=O) groups is 2. The van der Waals surface area contributed by atoms with Crippen LogP contribution in [0.2, 0.25) is 5.02 Å². The van der Waals surface area contributed by atoms with E-state index in [0.29, 0.717) is 53.1 Å². The molecule has 164 valence electrons. The van der Waals surface area contributed by atoms with Gasteiger partial charge in [-0.05, 0) is 31.2 Å². The molecule has 2 N–H and O–H groups in total. The largest absolute Gasteiger partial charge is 0.381 e. The van der Waals surface area contributed by atoms with Gasteiger partial charge in [0.15, 0.2) is 0 Å². The third kappa shape index (κ3) is 5.77. The number of ether oxygens (including phenoxy) is 1. The van der Waals surface area contributed by atoms with Crippen LogP contribution in [0.1, 0.15) is 31.4 Å². The number of carbonyl (C=O) groups excluding carboxylic acids is 2. The number of rotatable bonds is 7. The molecular formula is C22H26ClN5O3. The lowest BCUT2D eigenvalue weighted by molar-refractivity contribution is -0.127. The molecule has 2 fully saturated rings. The standard InChI is InChI=1S/C22H26ClN5O3/c23-18-11-25-16(8-20(29)15-1-2-22(30)27-10-15)7-17(18)19-12-24-13-21(28-19)26-9-14-3-5-31-6-4-14/h7,11-15H,1-6,8-10H2,(H,26,28)(H,27,30)/t15-/m1/s1. The molecule has 4 rings (SSSR count). The minimum atomic E-state index is -0.170. The van der Waals surface area contributed by atoms with E-state index in [2.05, 4.69) is 25.6 Å². The highest BCUT2D eigenvalue weighted by molar-refractivity contribution is 6.33. The zero-order chi connectivity index (χ0) is 21.6. The van der Waals surface area contributed by atoms with Crippen molar-refractivity contribution < 1.29 is 14.3 Å². The van der Waals surface area contributed by atoms with E-state index in [1.807, 2.05) is 0 Å². The van der Waals surface area contributed by atoms with E-state index in [0.717, 1.165) is 32.6 Å². The number of amides is 1. The van der Waals surface area contributed by atoms with Crippen molar-refractivity contribution in [2.24, 2.45) is 11.8 Å². The topological polar surface area (TPSA) is 106 Å². The van der Waals surface area contributed by atoms with Crippen LogP contribution in [0, 0.1) is 11.8 Å². The lowest BCUT2D eigenvalue weighted by Crippen LogP contribution is -2.38. The van der Waals surface area contributed by atoms with Crippen molar-refractivity contribution >= 4 is 29.1 Å². The minimum absolute atomic E-state index is 0.000148. The zero-order valence-electron chi connectivity index (χ0n) is 17.3. The Morgan fingerprint density at radius 1 is 1.23 bits per heavy atom. The second kappa shape index (κ2) is 10.2. The van der Waals surface area contributed by atoms with Crippen LogP contribution in [-0.4, -0.2) is 52.9 Å². The maximum Gasteiger partial charge on any atom is 0.220 e. The Kier molecular flexibility index (Phi) is 7.09. The van der Waals surface area contributed by atoms with Crippen LogP contribution in [-0.2, 0) is 20.7 Å². The zero-order valence-corrected chi connectivity index (χ0v) is 18.0. The molecule has 8 nitrogen and oxygen atoms in total. The van der Waals surface area contributed by atoms with Crippen molar-refractivity contribution in [2.45, 2.75) is 32.1 Å². The maximum atomic E-state index is 12.6. The van der Waals surface area contributed by atoms with Crippen molar-refractivity contribution in [2.75, 3.05) is 31.6 Å². The van der Waals surface area contributed by atoms with Crippen LogP contribution in [0.15, 0.2) is 24.7 Å². The first-order valence-corrected chi connectivity index (χ1v) is 11.0. The number of halogens is 1. The summed E-state index contributed by atoms with van der Waals surface area (Å²) in [6.07, 6.45) is 8.14. The molecule has 2 aromatic heterocycles. The van der Waals surface area contributed by atoms with Gasteiger partial charge in [0.05, 0.1) is 23.1 Å². The van der Waals surface area contributed by atoms with Gasteiger partial charge in [-0.3, -0.25) is 19.6 Å². The Balaban J connectivity index is 1.44. The van der Waals surface area contributed by atoms with Crippen LogP contribution in [0.5, 0.6) is 0 Å². The Hall–Kier alpha value is -2.58. The summed E-state index contributed by atoms with van der Waals surface area (Å²) < 4.78 is 5.41. The van der Waals surface area contributed by atoms with Crippen LogP contribution in [0.25, 0.3) is 11.3 Å². The quantitative estimate of drug-likeness (QED) is 0.677. The van der Waals surface area contributed by atoms with E-state index in [-0.39, 0.29) is 24.0 Å². The number of nitrogens with zero attached hydrogens (tertiary/aromatic N) is 3. The van der Waals surface area contributed by atoms with Gasteiger partial charge < -0.3 is 15.4 Å². The van der Waals surface area contributed by atoms with Crippen molar-refractivity contribution in [1.82, 2.24) is 20.3 Å². The summed E-state index contributed by atoms with van der Waals surface area (Å²) >= 11 is 6.39. The number of aromatic nitrogens is 3. The molecule has 2 saturated heterocycles. The number of nitrogens with one attached hydrogen (secondary N) is 2. The van der Waals surface area contributed by atoms with E-state index >= 15 is 0 Å². The number of piperidine rings is 1. The number of hydrogen-bond donors (Lipinski definition) is 2. The van der Waals surface area contributed by atoms with Gasteiger partial charge >= 0.3 is 0 Å². The predicted molar refractivity (Wildman–Crippen MR) is 117 cm³/mol. The molecule has 0 spiro atoms. The summed E-state index contributed by atoms with van der Waals surface area (Å²) in [4.78, 5) is 37.2. The fourth-order valence-corrected chi connectivity index (χ4v) is 4.09. The van der Waals surface area contributed by atoms with Crippen LogP contribution >= 0.6 is 11.6 Å². The summed E-state index contributed by atoms with van der Waals surface area (Å²) in [6, 6.07) is 1.80. The molecule has 0 aliphatic carbocycles. The molecule has 1 atom stereocenters. The van der Waals surface area contributed by atoms with Crippen molar-refractivity contribution in [3.05, 3.63) is 35.4 Å². The summed E-state index contributed by atoms with van der Waals surface area (Å²) in [7, 11) is 0. The molecule has 2 aliphatic heterocycles. The van der Waals surface area contributed by atoms with Crippen molar-refractivity contribution in [3.63, 3.8) is 0 Å². The number of anilines is 1. The maximum absolute atomic E-state index is 12.6. The van der Waals surface area contributed by atoms with Gasteiger partial charge in [-0.25, -0.2) is 4.98 Å². The van der Waals surface area contributed by atoms with Crippen molar-refractivity contribution in [3.8, 4) is 11.3 Å². The monoisotopic (exact) mass is 443 g/mol. The lowest BCUT2D eigenvalue weighted by atomic mass is 9.92. The van der Waals surface area contributed by atoms with Gasteiger partial charge in [-0.1, -0.05) is 11.6 Å². The van der Waals surface area contributed by atoms with E-state index in [1.165, 1.54) is 0 Å². The van der Waals surface area contributed by atoms with E-state index < -0.39 is 0 Å². The Morgan fingerprint density at radius 2 is 2.06 bits per heavy atom. The molecule has 0 aromatic carbocycles. The third-order valence-electron chi connectivity index (χ3n) is 5.81. The molecule has 0 bridgehead atoms. The normalized spacial score (nSPS) is 19.6. The summed E-state index contributed by atoms with van der Waals surface area (Å²) in [5.74, 6) is 1.15. The van der Waals surface area contributed by atoms with Crippen LogP contribution in [0.4, 0.5) is 5.82 Å². The van der Waals surface area contributed by atoms with E-state index in [9.17, 15) is 9.59 Å². The molecule has 4 heterocycles. The summed E-state index contributed by atoms with van der Waals surface area (Å²) in [5.41, 5.74) is 1.95. The van der Waals surface area contributed by atoms with Gasteiger partial charge in [-0.15, -0.1) is 0 Å². The van der Waals surface area contributed by atoms with Crippen molar-refractivity contribution in [1.29, 1.82) is 0 Å². The van der Waals surface area contributed by atoms with Crippen LogP contribution in [0.3, 0.4) is 0 Å². The van der Waals surface area contributed by atoms with Gasteiger partial charge in [0.2, 0.25) is 5.91 Å². The molecule has 0 saturated carbocycles. The highest BCUT2D eigenvalue weighted by Crippen LogP contribution is 2.27.